The van der Waals surface area contributed by atoms with Crippen molar-refractivity contribution in [2.24, 2.45) is 5.73 Å². The second kappa shape index (κ2) is 5.51. The molecule has 1 atom stereocenters. The number of hydrogen-bond donors (Lipinski definition) is 1. The SMILES string of the molecule is Cc1cc(Br)ccc1C(N)c1cccc(Br)c1F. The van der Waals surface area contributed by atoms with Crippen molar-refractivity contribution >= 4 is 31.9 Å². The average molecular weight is 373 g/mol. The van der Waals surface area contributed by atoms with E-state index in [1.807, 2.05) is 25.1 Å². The third-order valence-corrected chi connectivity index (χ3v) is 3.99. The number of halogens is 3. The Morgan fingerprint density at radius 2 is 1.83 bits per heavy atom. The number of aryl methyl sites for hydroxylation is 1. The minimum Gasteiger partial charge on any atom is -0.320 e. The van der Waals surface area contributed by atoms with E-state index in [0.717, 1.165) is 15.6 Å². The van der Waals surface area contributed by atoms with Crippen LogP contribution in [0, 0.1) is 12.7 Å². The van der Waals surface area contributed by atoms with E-state index in [0.29, 0.717) is 10.0 Å². The molecule has 4 heteroatoms. The van der Waals surface area contributed by atoms with Crippen LogP contribution in [0.25, 0.3) is 0 Å². The average Bonchev–Trinajstić information content (AvgIpc) is 2.32. The van der Waals surface area contributed by atoms with E-state index in [-0.39, 0.29) is 5.82 Å². The molecule has 0 aliphatic rings. The molecule has 1 nitrogen and oxygen atoms in total. The predicted octanol–water partition coefficient (Wildman–Crippen LogP) is 4.71. The van der Waals surface area contributed by atoms with Gasteiger partial charge in [-0.1, -0.05) is 34.1 Å². The highest BCUT2D eigenvalue weighted by atomic mass is 79.9. The van der Waals surface area contributed by atoms with Crippen LogP contribution < -0.4 is 5.73 Å². The summed E-state index contributed by atoms with van der Waals surface area (Å²) < 4.78 is 15.4. The van der Waals surface area contributed by atoms with Gasteiger partial charge in [-0.15, -0.1) is 0 Å². The summed E-state index contributed by atoms with van der Waals surface area (Å²) in [5.41, 5.74) is 8.62. The van der Waals surface area contributed by atoms with Gasteiger partial charge in [0.25, 0.3) is 0 Å². The molecule has 0 amide bonds. The van der Waals surface area contributed by atoms with Crippen LogP contribution in [0.5, 0.6) is 0 Å². The van der Waals surface area contributed by atoms with Crippen LogP contribution in [-0.2, 0) is 0 Å². The van der Waals surface area contributed by atoms with Crippen molar-refractivity contribution in [2.75, 3.05) is 0 Å². The number of hydrogen-bond acceptors (Lipinski definition) is 1. The van der Waals surface area contributed by atoms with E-state index in [4.69, 9.17) is 5.73 Å². The molecule has 2 N–H and O–H groups in total. The topological polar surface area (TPSA) is 26.0 Å². The normalized spacial score (nSPS) is 12.5. The molecule has 2 rings (SSSR count). The van der Waals surface area contributed by atoms with Crippen LogP contribution in [0.3, 0.4) is 0 Å². The summed E-state index contributed by atoms with van der Waals surface area (Å²) >= 11 is 6.58. The first-order valence-electron chi connectivity index (χ1n) is 5.46. The lowest BCUT2D eigenvalue weighted by atomic mass is 9.95. The summed E-state index contributed by atoms with van der Waals surface area (Å²) in [4.78, 5) is 0. The summed E-state index contributed by atoms with van der Waals surface area (Å²) in [5, 5.41) is 0. The Morgan fingerprint density at radius 3 is 2.50 bits per heavy atom. The van der Waals surface area contributed by atoms with Gasteiger partial charge in [0.1, 0.15) is 5.82 Å². The van der Waals surface area contributed by atoms with Crippen LogP contribution in [0.2, 0.25) is 0 Å². The van der Waals surface area contributed by atoms with Crippen molar-refractivity contribution in [3.63, 3.8) is 0 Å². The van der Waals surface area contributed by atoms with Crippen LogP contribution in [0.1, 0.15) is 22.7 Å². The quantitative estimate of drug-likeness (QED) is 0.811. The maximum Gasteiger partial charge on any atom is 0.142 e. The molecular weight excluding hydrogens is 361 g/mol. The fourth-order valence-electron chi connectivity index (χ4n) is 1.92. The molecule has 1 unspecified atom stereocenters. The first kappa shape index (κ1) is 13.7. The molecule has 0 aliphatic heterocycles. The van der Waals surface area contributed by atoms with Gasteiger partial charge in [0.15, 0.2) is 0 Å². The molecule has 0 bridgehead atoms. The highest BCUT2D eigenvalue weighted by Crippen LogP contribution is 2.29. The molecule has 2 aromatic rings. The molecule has 94 valence electrons. The summed E-state index contributed by atoms with van der Waals surface area (Å²) in [7, 11) is 0. The van der Waals surface area contributed by atoms with E-state index in [1.54, 1.807) is 18.2 Å². The van der Waals surface area contributed by atoms with Crippen molar-refractivity contribution in [2.45, 2.75) is 13.0 Å². The van der Waals surface area contributed by atoms with Crippen LogP contribution in [-0.4, -0.2) is 0 Å². The number of nitrogens with two attached hydrogens (primary N) is 1. The molecule has 0 aliphatic carbocycles. The summed E-state index contributed by atoms with van der Waals surface area (Å²) in [5.74, 6) is -0.299. The van der Waals surface area contributed by atoms with Gasteiger partial charge in [-0.2, -0.15) is 0 Å². The molecule has 2 aromatic carbocycles. The molecule has 0 spiro atoms. The van der Waals surface area contributed by atoms with E-state index >= 15 is 0 Å². The zero-order valence-electron chi connectivity index (χ0n) is 9.75. The Hall–Kier alpha value is -0.710. The van der Waals surface area contributed by atoms with Gasteiger partial charge in [0.2, 0.25) is 0 Å². The van der Waals surface area contributed by atoms with Gasteiger partial charge >= 0.3 is 0 Å². The zero-order chi connectivity index (χ0) is 13.3. The summed E-state index contributed by atoms with van der Waals surface area (Å²) in [6.07, 6.45) is 0. The molecule has 0 saturated carbocycles. The van der Waals surface area contributed by atoms with Gasteiger partial charge in [0, 0.05) is 10.0 Å². The largest absolute Gasteiger partial charge is 0.320 e. The first-order chi connectivity index (χ1) is 8.50. The summed E-state index contributed by atoms with van der Waals surface area (Å²) in [6.45, 7) is 1.97. The van der Waals surface area contributed by atoms with Crippen molar-refractivity contribution in [1.82, 2.24) is 0 Å². The number of rotatable bonds is 2. The molecule has 0 saturated heterocycles. The first-order valence-corrected chi connectivity index (χ1v) is 7.05. The van der Waals surface area contributed by atoms with Gasteiger partial charge in [-0.25, -0.2) is 4.39 Å². The van der Waals surface area contributed by atoms with E-state index < -0.39 is 6.04 Å². The lowest BCUT2D eigenvalue weighted by molar-refractivity contribution is 0.593. The molecule has 0 heterocycles. The van der Waals surface area contributed by atoms with Crippen LogP contribution >= 0.6 is 31.9 Å². The molecular formula is C14H12Br2FN. The molecule has 0 radical (unpaired) electrons. The highest BCUT2D eigenvalue weighted by Gasteiger charge is 2.16. The van der Waals surface area contributed by atoms with Gasteiger partial charge in [0.05, 0.1) is 10.5 Å². The second-order valence-corrected chi connectivity index (χ2v) is 5.89. The fraction of sp³-hybridized carbons (Fsp3) is 0.143. The lowest BCUT2D eigenvalue weighted by Crippen LogP contribution is -2.15. The van der Waals surface area contributed by atoms with Crippen molar-refractivity contribution in [3.8, 4) is 0 Å². The third kappa shape index (κ3) is 2.66. The predicted molar refractivity (Wildman–Crippen MR) is 79.0 cm³/mol. The van der Waals surface area contributed by atoms with Crippen LogP contribution in [0.4, 0.5) is 4.39 Å². The Balaban J connectivity index is 2.48. The van der Waals surface area contributed by atoms with Crippen LogP contribution in [0.15, 0.2) is 45.3 Å². The van der Waals surface area contributed by atoms with E-state index in [2.05, 4.69) is 31.9 Å². The van der Waals surface area contributed by atoms with E-state index in [1.165, 1.54) is 0 Å². The van der Waals surface area contributed by atoms with Gasteiger partial charge in [-0.3, -0.25) is 0 Å². The highest BCUT2D eigenvalue weighted by molar-refractivity contribution is 9.10. The van der Waals surface area contributed by atoms with Crippen molar-refractivity contribution < 1.29 is 4.39 Å². The van der Waals surface area contributed by atoms with Crippen molar-refractivity contribution in [1.29, 1.82) is 0 Å². The van der Waals surface area contributed by atoms with Crippen molar-refractivity contribution in [3.05, 3.63) is 67.9 Å². The monoisotopic (exact) mass is 371 g/mol. The Bertz CT molecular complexity index is 584. The molecule has 18 heavy (non-hydrogen) atoms. The minimum absolute atomic E-state index is 0.299. The zero-order valence-corrected chi connectivity index (χ0v) is 12.9. The Labute approximate surface area is 122 Å². The Morgan fingerprint density at radius 1 is 1.11 bits per heavy atom. The lowest BCUT2D eigenvalue weighted by Gasteiger charge is -2.16. The molecule has 0 fully saturated rings. The third-order valence-electron chi connectivity index (χ3n) is 2.88. The maximum absolute atomic E-state index is 14.0. The smallest absolute Gasteiger partial charge is 0.142 e. The molecule has 0 aromatic heterocycles. The standard InChI is InChI=1S/C14H12Br2FN/c1-8-7-9(15)5-6-10(8)14(18)11-3-2-4-12(16)13(11)17/h2-7,14H,18H2,1H3. The van der Waals surface area contributed by atoms with E-state index in [9.17, 15) is 4.39 Å². The maximum atomic E-state index is 14.0. The second-order valence-electron chi connectivity index (χ2n) is 4.12. The van der Waals surface area contributed by atoms with Gasteiger partial charge in [-0.05, 0) is 52.2 Å². The summed E-state index contributed by atoms with van der Waals surface area (Å²) in [6, 6.07) is 10.5. The van der Waals surface area contributed by atoms with Gasteiger partial charge < -0.3 is 5.73 Å². The Kier molecular flexibility index (Phi) is 4.20. The number of benzene rings is 2. The minimum atomic E-state index is -0.462. The fourth-order valence-corrected chi connectivity index (χ4v) is 2.77.